The van der Waals surface area contributed by atoms with Crippen LogP contribution in [-0.2, 0) is 24.8 Å². The topological polar surface area (TPSA) is 122 Å². The fourth-order valence-corrected chi connectivity index (χ4v) is 3.89. The number of hydrogen-bond acceptors (Lipinski definition) is 5. The zero-order valence-corrected chi connectivity index (χ0v) is 18.7. The largest absolute Gasteiger partial charge is 0.459 e. The molecule has 0 aliphatic heterocycles. The lowest BCUT2D eigenvalue weighted by atomic mass is 10.0. The number of aromatic amines is 1. The molecule has 4 aromatic rings. The molecule has 2 amide bonds. The van der Waals surface area contributed by atoms with E-state index in [1.54, 1.807) is 36.0 Å². The number of hydrogen-bond donors (Lipinski definition) is 3. The van der Waals surface area contributed by atoms with Crippen molar-refractivity contribution in [2.45, 2.75) is 33.2 Å². The Morgan fingerprint density at radius 3 is 2.61 bits per heavy atom. The Bertz CT molecular complexity index is 1360. The van der Waals surface area contributed by atoms with Crippen LogP contribution in [0.4, 0.5) is 5.69 Å². The van der Waals surface area contributed by atoms with Crippen LogP contribution in [0.25, 0.3) is 11.0 Å². The number of aromatic nitrogens is 3. The van der Waals surface area contributed by atoms with Gasteiger partial charge in [0.1, 0.15) is 5.65 Å². The molecule has 0 unspecified atom stereocenters. The number of benzene rings is 1. The Morgan fingerprint density at radius 2 is 1.91 bits per heavy atom. The van der Waals surface area contributed by atoms with E-state index in [4.69, 9.17) is 4.42 Å². The Morgan fingerprint density at radius 1 is 1.15 bits per heavy atom. The third-order valence-corrected chi connectivity index (χ3v) is 5.60. The lowest BCUT2D eigenvalue weighted by Crippen LogP contribution is -2.24. The average molecular weight is 447 g/mol. The number of rotatable bonds is 7. The minimum absolute atomic E-state index is 0.146. The Labute approximate surface area is 189 Å². The third-order valence-electron chi connectivity index (χ3n) is 5.60. The van der Waals surface area contributed by atoms with Gasteiger partial charge in [0.25, 0.3) is 11.5 Å². The summed E-state index contributed by atoms with van der Waals surface area (Å²) in [7, 11) is 1.79. The molecule has 0 saturated heterocycles. The number of pyridine rings is 1. The van der Waals surface area contributed by atoms with Crippen LogP contribution in [0.2, 0.25) is 0 Å². The molecular formula is C24H25N5O4. The van der Waals surface area contributed by atoms with Gasteiger partial charge in [-0.2, -0.15) is 5.10 Å². The van der Waals surface area contributed by atoms with E-state index in [1.165, 1.54) is 6.26 Å². The van der Waals surface area contributed by atoms with Crippen molar-refractivity contribution in [1.82, 2.24) is 20.1 Å². The molecule has 170 valence electrons. The first-order valence-electron chi connectivity index (χ1n) is 10.6. The van der Waals surface area contributed by atoms with Crippen LogP contribution in [0.3, 0.4) is 0 Å². The molecule has 4 rings (SSSR count). The van der Waals surface area contributed by atoms with Crippen molar-refractivity contribution >= 4 is 28.5 Å². The molecule has 0 fully saturated rings. The van der Waals surface area contributed by atoms with Crippen molar-refractivity contribution < 1.29 is 14.0 Å². The predicted molar refractivity (Wildman–Crippen MR) is 124 cm³/mol. The number of H-pyrrole nitrogens is 1. The number of nitrogens with one attached hydrogen (secondary N) is 3. The highest BCUT2D eigenvalue weighted by atomic mass is 16.3. The minimum atomic E-state index is -0.328. The van der Waals surface area contributed by atoms with Crippen molar-refractivity contribution in [3.63, 3.8) is 0 Å². The van der Waals surface area contributed by atoms with Crippen LogP contribution in [-0.4, -0.2) is 26.6 Å². The van der Waals surface area contributed by atoms with Crippen LogP contribution in [0.1, 0.15) is 39.4 Å². The highest BCUT2D eigenvalue weighted by molar-refractivity contribution is 6.02. The van der Waals surface area contributed by atoms with Gasteiger partial charge in [0.05, 0.1) is 12.0 Å². The van der Waals surface area contributed by atoms with Crippen molar-refractivity contribution in [2.24, 2.45) is 7.05 Å². The van der Waals surface area contributed by atoms with Gasteiger partial charge in [-0.1, -0.05) is 12.1 Å². The predicted octanol–water partition coefficient (Wildman–Crippen LogP) is 2.97. The molecule has 1 aromatic carbocycles. The molecule has 3 heterocycles. The van der Waals surface area contributed by atoms with Gasteiger partial charge in [-0.05, 0) is 55.7 Å². The lowest BCUT2D eigenvalue weighted by Gasteiger charge is -2.09. The molecule has 0 aliphatic carbocycles. The molecule has 3 N–H and O–H groups in total. The van der Waals surface area contributed by atoms with E-state index in [1.807, 2.05) is 26.0 Å². The Hall–Kier alpha value is -4.14. The summed E-state index contributed by atoms with van der Waals surface area (Å²) < 4.78 is 6.72. The second kappa shape index (κ2) is 9.15. The maximum Gasteiger partial charge on any atom is 0.291 e. The third kappa shape index (κ3) is 4.72. The van der Waals surface area contributed by atoms with Gasteiger partial charge in [-0.3, -0.25) is 19.1 Å². The van der Waals surface area contributed by atoms with Crippen LogP contribution in [0.15, 0.2) is 51.9 Å². The first-order chi connectivity index (χ1) is 15.8. The summed E-state index contributed by atoms with van der Waals surface area (Å²) in [5.41, 5.74) is 4.32. The van der Waals surface area contributed by atoms with E-state index >= 15 is 0 Å². The Balaban J connectivity index is 1.32. The molecule has 0 radical (unpaired) electrons. The van der Waals surface area contributed by atoms with E-state index in [0.717, 1.165) is 22.2 Å². The van der Waals surface area contributed by atoms with Gasteiger partial charge in [0.15, 0.2) is 5.76 Å². The SMILES string of the molecule is Cc1nn(C)c2[nH]c(=O)c(CCC(=O)NCc3ccc(NC(=O)c4ccco4)cc3)c(C)c12. The first kappa shape index (κ1) is 22.1. The molecule has 0 aliphatic rings. The average Bonchev–Trinajstić information content (AvgIpc) is 3.41. The van der Waals surface area contributed by atoms with E-state index in [0.29, 0.717) is 29.9 Å². The number of amides is 2. The summed E-state index contributed by atoms with van der Waals surface area (Å²) >= 11 is 0. The summed E-state index contributed by atoms with van der Waals surface area (Å²) in [4.78, 5) is 39.8. The molecule has 9 nitrogen and oxygen atoms in total. The minimum Gasteiger partial charge on any atom is -0.459 e. The quantitative estimate of drug-likeness (QED) is 0.402. The molecule has 0 spiro atoms. The fourth-order valence-electron chi connectivity index (χ4n) is 3.89. The number of carbonyl (C=O) groups is 2. The number of carbonyl (C=O) groups excluding carboxylic acids is 2. The van der Waals surface area contributed by atoms with Crippen molar-refractivity contribution in [3.05, 3.63) is 81.2 Å². The second-order valence-electron chi connectivity index (χ2n) is 7.90. The van der Waals surface area contributed by atoms with Crippen LogP contribution in [0, 0.1) is 13.8 Å². The summed E-state index contributed by atoms with van der Waals surface area (Å²) in [5, 5.41) is 10.9. The van der Waals surface area contributed by atoms with E-state index in [9.17, 15) is 14.4 Å². The zero-order chi connectivity index (χ0) is 23.5. The Kier molecular flexibility index (Phi) is 6.12. The molecule has 0 saturated carbocycles. The van der Waals surface area contributed by atoms with Gasteiger partial charge < -0.3 is 20.0 Å². The molecule has 0 bridgehead atoms. The molecule has 9 heteroatoms. The standard InChI is InChI=1S/C24H25N5O4/c1-14-18(23(31)27-22-21(14)15(2)28-29(22)3)10-11-20(30)25-13-16-6-8-17(9-7-16)26-24(32)19-5-4-12-33-19/h4-9,12H,10-11,13H2,1-3H3,(H,25,30)(H,26,32)(H,27,31). The highest BCUT2D eigenvalue weighted by Crippen LogP contribution is 2.21. The first-order valence-corrected chi connectivity index (χ1v) is 10.6. The molecular weight excluding hydrogens is 422 g/mol. The van der Waals surface area contributed by atoms with E-state index in [2.05, 4.69) is 20.7 Å². The fraction of sp³-hybridized carbons (Fsp3) is 0.250. The highest BCUT2D eigenvalue weighted by Gasteiger charge is 2.16. The number of aryl methyl sites for hydroxylation is 3. The van der Waals surface area contributed by atoms with Gasteiger partial charge in [0, 0.05) is 36.7 Å². The van der Waals surface area contributed by atoms with Gasteiger partial charge in [0.2, 0.25) is 5.91 Å². The van der Waals surface area contributed by atoms with E-state index in [-0.39, 0.29) is 29.6 Å². The summed E-state index contributed by atoms with van der Waals surface area (Å²) in [6.45, 7) is 4.14. The smallest absolute Gasteiger partial charge is 0.291 e. The number of fused-ring (bicyclic) bond motifs is 1. The van der Waals surface area contributed by atoms with Gasteiger partial charge in [-0.25, -0.2) is 0 Å². The van der Waals surface area contributed by atoms with Crippen molar-refractivity contribution in [1.29, 1.82) is 0 Å². The second-order valence-corrected chi connectivity index (χ2v) is 7.90. The van der Waals surface area contributed by atoms with Crippen molar-refractivity contribution in [2.75, 3.05) is 5.32 Å². The maximum absolute atomic E-state index is 12.5. The van der Waals surface area contributed by atoms with Crippen molar-refractivity contribution in [3.8, 4) is 0 Å². The van der Waals surface area contributed by atoms with Gasteiger partial charge in [-0.15, -0.1) is 0 Å². The van der Waals surface area contributed by atoms with Gasteiger partial charge >= 0.3 is 0 Å². The number of furan rings is 1. The van der Waals surface area contributed by atoms with Crippen LogP contribution in [0.5, 0.6) is 0 Å². The van der Waals surface area contributed by atoms with E-state index < -0.39 is 0 Å². The maximum atomic E-state index is 12.5. The zero-order valence-electron chi connectivity index (χ0n) is 18.7. The number of anilines is 1. The molecule has 33 heavy (non-hydrogen) atoms. The van der Waals surface area contributed by atoms with Crippen LogP contribution < -0.4 is 16.2 Å². The monoisotopic (exact) mass is 447 g/mol. The van der Waals surface area contributed by atoms with Crippen LogP contribution >= 0.6 is 0 Å². The number of nitrogens with zero attached hydrogens (tertiary/aromatic N) is 2. The summed E-state index contributed by atoms with van der Waals surface area (Å²) in [6.07, 6.45) is 1.98. The summed E-state index contributed by atoms with van der Waals surface area (Å²) in [5.74, 6) is -0.240. The molecule has 0 atom stereocenters. The molecule has 3 aromatic heterocycles. The summed E-state index contributed by atoms with van der Waals surface area (Å²) in [6, 6.07) is 10.4. The normalized spacial score (nSPS) is 11.0. The lowest BCUT2D eigenvalue weighted by molar-refractivity contribution is -0.121.